The minimum atomic E-state index is -0.337. The minimum Gasteiger partial charge on any atom is -0.332 e. The summed E-state index contributed by atoms with van der Waals surface area (Å²) >= 11 is 0. The monoisotopic (exact) mass is 466 g/mol. The zero-order valence-electron chi connectivity index (χ0n) is 20.0. The van der Waals surface area contributed by atoms with E-state index in [0.29, 0.717) is 24.4 Å². The van der Waals surface area contributed by atoms with E-state index in [9.17, 15) is 14.4 Å². The zero-order valence-corrected chi connectivity index (χ0v) is 20.0. The van der Waals surface area contributed by atoms with Gasteiger partial charge in [-0.15, -0.1) is 0 Å². The molecule has 8 heteroatoms. The van der Waals surface area contributed by atoms with E-state index < -0.39 is 0 Å². The number of ketones is 2. The molecule has 0 radical (unpaired) electrons. The fourth-order valence-corrected chi connectivity index (χ4v) is 5.23. The van der Waals surface area contributed by atoms with Crippen LogP contribution in [0, 0.1) is 11.8 Å². The molecule has 8 nitrogen and oxygen atoms in total. The van der Waals surface area contributed by atoms with E-state index in [1.807, 2.05) is 17.9 Å². The number of hydrogen-bond donors (Lipinski definition) is 1. The third kappa shape index (κ3) is 5.27. The average molecular weight is 467 g/mol. The number of Topliss-reactive ketones (excluding diaryl/α,β-unsaturated/α-hetero) is 1. The van der Waals surface area contributed by atoms with E-state index in [0.717, 1.165) is 32.1 Å². The first kappa shape index (κ1) is 24.3. The van der Waals surface area contributed by atoms with E-state index in [2.05, 4.69) is 15.5 Å². The SMILES string of the molecule is CN[C@@H](C)C(=O)C[C@H](C(=O)N1CCC[C@H]1c1noc(C(=O)c2ccccc2)n1)C1CCCCC1. The molecule has 0 bridgehead atoms. The van der Waals surface area contributed by atoms with E-state index in [-0.39, 0.29) is 53.7 Å². The Morgan fingerprint density at radius 2 is 1.82 bits per heavy atom. The van der Waals surface area contributed by atoms with Crippen molar-refractivity contribution >= 4 is 17.5 Å². The summed E-state index contributed by atoms with van der Waals surface area (Å²) in [5.41, 5.74) is 0.478. The molecule has 4 rings (SSSR count). The molecule has 1 aromatic carbocycles. The third-order valence-corrected chi connectivity index (χ3v) is 7.38. The van der Waals surface area contributed by atoms with Crippen LogP contribution in [0.25, 0.3) is 0 Å². The molecule has 34 heavy (non-hydrogen) atoms. The van der Waals surface area contributed by atoms with Crippen LogP contribution < -0.4 is 5.32 Å². The molecule has 0 unspecified atom stereocenters. The van der Waals surface area contributed by atoms with Crippen LogP contribution in [-0.2, 0) is 9.59 Å². The smallest absolute Gasteiger partial charge is 0.299 e. The molecule has 2 aliphatic rings. The first-order valence-electron chi connectivity index (χ1n) is 12.4. The Morgan fingerprint density at radius 3 is 2.53 bits per heavy atom. The van der Waals surface area contributed by atoms with Gasteiger partial charge in [0, 0.05) is 24.4 Å². The Balaban J connectivity index is 1.53. The number of amides is 1. The predicted molar refractivity (Wildman–Crippen MR) is 126 cm³/mol. The summed E-state index contributed by atoms with van der Waals surface area (Å²) in [6.07, 6.45) is 7.13. The van der Waals surface area contributed by atoms with Gasteiger partial charge >= 0.3 is 0 Å². The summed E-state index contributed by atoms with van der Waals surface area (Å²) in [5, 5.41) is 7.08. The number of benzene rings is 1. The van der Waals surface area contributed by atoms with Crippen molar-refractivity contribution < 1.29 is 18.9 Å². The van der Waals surface area contributed by atoms with Gasteiger partial charge in [0.25, 0.3) is 11.7 Å². The van der Waals surface area contributed by atoms with Gasteiger partial charge < -0.3 is 14.7 Å². The van der Waals surface area contributed by atoms with Gasteiger partial charge in [0.15, 0.2) is 5.82 Å². The van der Waals surface area contributed by atoms with E-state index in [1.165, 1.54) is 6.42 Å². The number of aromatic nitrogens is 2. The highest BCUT2D eigenvalue weighted by molar-refractivity contribution is 6.05. The van der Waals surface area contributed by atoms with Crippen molar-refractivity contribution in [3.8, 4) is 0 Å². The Hall–Kier alpha value is -2.87. The Kier molecular flexibility index (Phi) is 7.88. The molecule has 0 spiro atoms. The van der Waals surface area contributed by atoms with Crippen molar-refractivity contribution in [1.82, 2.24) is 20.4 Å². The number of likely N-dealkylation sites (N-methyl/N-ethyl adjacent to an activating group) is 1. The lowest BCUT2D eigenvalue weighted by atomic mass is 9.76. The molecule has 1 aliphatic heterocycles. The first-order chi connectivity index (χ1) is 16.5. The molecule has 1 N–H and O–H groups in total. The third-order valence-electron chi connectivity index (χ3n) is 7.38. The summed E-state index contributed by atoms with van der Waals surface area (Å²) in [6.45, 7) is 2.44. The van der Waals surface area contributed by atoms with E-state index in [4.69, 9.17) is 4.52 Å². The van der Waals surface area contributed by atoms with Gasteiger partial charge in [0.2, 0.25) is 5.91 Å². The normalized spacial score (nSPS) is 20.8. The van der Waals surface area contributed by atoms with E-state index in [1.54, 1.807) is 31.3 Å². The molecule has 1 saturated heterocycles. The largest absolute Gasteiger partial charge is 0.332 e. The Morgan fingerprint density at radius 1 is 1.09 bits per heavy atom. The summed E-state index contributed by atoms with van der Waals surface area (Å²) < 4.78 is 5.30. The minimum absolute atomic E-state index is 0.00629. The molecule has 2 heterocycles. The predicted octanol–water partition coefficient (Wildman–Crippen LogP) is 3.73. The van der Waals surface area contributed by atoms with Crippen molar-refractivity contribution in [1.29, 1.82) is 0 Å². The summed E-state index contributed by atoms with van der Waals surface area (Å²) in [4.78, 5) is 45.5. The summed E-state index contributed by atoms with van der Waals surface area (Å²) in [7, 11) is 1.76. The van der Waals surface area contributed by atoms with Gasteiger partial charge in [-0.1, -0.05) is 54.8 Å². The average Bonchev–Trinajstić information content (AvgIpc) is 3.57. The van der Waals surface area contributed by atoms with Crippen LogP contribution in [0.3, 0.4) is 0 Å². The summed E-state index contributed by atoms with van der Waals surface area (Å²) in [6, 6.07) is 8.19. The van der Waals surface area contributed by atoms with Gasteiger partial charge in [-0.3, -0.25) is 14.4 Å². The van der Waals surface area contributed by atoms with Gasteiger partial charge in [-0.25, -0.2) is 0 Å². The maximum absolute atomic E-state index is 13.8. The maximum atomic E-state index is 13.8. The fraction of sp³-hybridized carbons (Fsp3) is 0.577. The van der Waals surface area contributed by atoms with Crippen LogP contribution in [0.5, 0.6) is 0 Å². The second kappa shape index (κ2) is 11.0. The molecule has 1 aliphatic carbocycles. The number of carbonyl (C=O) groups is 3. The standard InChI is InChI=1S/C26H34N4O4/c1-17(27-2)22(31)16-20(18-10-5-3-6-11-18)26(33)30-15-9-14-21(30)24-28-25(34-29-24)23(32)19-12-7-4-8-13-19/h4,7-8,12-13,17-18,20-21,27H,3,5-6,9-11,14-16H2,1-2H3/t17-,20-,21-/m0/s1. The lowest BCUT2D eigenvalue weighted by molar-refractivity contribution is -0.142. The van der Waals surface area contributed by atoms with Gasteiger partial charge in [0.05, 0.1) is 12.1 Å². The van der Waals surface area contributed by atoms with Crippen molar-refractivity contribution in [2.24, 2.45) is 11.8 Å². The Labute approximate surface area is 200 Å². The van der Waals surface area contributed by atoms with Crippen LogP contribution in [0.4, 0.5) is 0 Å². The number of likely N-dealkylation sites (tertiary alicyclic amines) is 1. The first-order valence-corrected chi connectivity index (χ1v) is 12.4. The second-order valence-corrected chi connectivity index (χ2v) is 9.53. The molecule has 3 atom stereocenters. The number of hydrogen-bond acceptors (Lipinski definition) is 7. The number of carbonyl (C=O) groups excluding carboxylic acids is 3. The molecular formula is C26H34N4O4. The fourth-order valence-electron chi connectivity index (χ4n) is 5.23. The van der Waals surface area contributed by atoms with Crippen LogP contribution >= 0.6 is 0 Å². The van der Waals surface area contributed by atoms with Crippen LogP contribution in [-0.4, -0.2) is 52.1 Å². The topological polar surface area (TPSA) is 105 Å². The lowest BCUT2D eigenvalue weighted by Crippen LogP contribution is -2.42. The van der Waals surface area contributed by atoms with Gasteiger partial charge in [-0.05, 0) is 45.6 Å². The highest BCUT2D eigenvalue weighted by Crippen LogP contribution is 2.38. The van der Waals surface area contributed by atoms with Crippen LogP contribution in [0.2, 0.25) is 0 Å². The highest BCUT2D eigenvalue weighted by atomic mass is 16.5. The van der Waals surface area contributed by atoms with Crippen molar-refractivity contribution in [3.63, 3.8) is 0 Å². The van der Waals surface area contributed by atoms with E-state index >= 15 is 0 Å². The van der Waals surface area contributed by atoms with Crippen molar-refractivity contribution in [2.75, 3.05) is 13.6 Å². The second-order valence-electron chi connectivity index (χ2n) is 9.53. The number of rotatable bonds is 9. The molecule has 1 amide bonds. The lowest BCUT2D eigenvalue weighted by Gasteiger charge is -2.34. The summed E-state index contributed by atoms with van der Waals surface area (Å²) in [5.74, 6) is -0.0754. The molecule has 1 saturated carbocycles. The molecule has 1 aromatic heterocycles. The highest BCUT2D eigenvalue weighted by Gasteiger charge is 2.40. The van der Waals surface area contributed by atoms with Gasteiger partial charge in [0.1, 0.15) is 5.78 Å². The van der Waals surface area contributed by atoms with Crippen molar-refractivity contribution in [3.05, 3.63) is 47.6 Å². The number of nitrogens with zero attached hydrogens (tertiary/aromatic N) is 3. The quantitative estimate of drug-likeness (QED) is 0.561. The van der Waals surface area contributed by atoms with Crippen LogP contribution in [0.15, 0.2) is 34.9 Å². The van der Waals surface area contributed by atoms with Crippen LogP contribution in [0.1, 0.15) is 86.4 Å². The maximum Gasteiger partial charge on any atom is 0.299 e. The molecule has 2 fully saturated rings. The Bertz CT molecular complexity index is 999. The number of nitrogens with one attached hydrogen (secondary N) is 1. The molecule has 182 valence electrons. The van der Waals surface area contributed by atoms with Crippen molar-refractivity contribution in [2.45, 2.75) is 70.4 Å². The molecule has 2 aromatic rings. The molecular weight excluding hydrogens is 432 g/mol. The zero-order chi connectivity index (χ0) is 24.1. The van der Waals surface area contributed by atoms with Gasteiger partial charge in [-0.2, -0.15) is 4.98 Å².